The summed E-state index contributed by atoms with van der Waals surface area (Å²) >= 11 is 0. The number of carboxylic acid groups (broad SMARTS) is 1. The highest BCUT2D eigenvalue weighted by Gasteiger charge is 2.21. The number of ether oxygens (including phenoxy) is 1. The lowest BCUT2D eigenvalue weighted by atomic mass is 10.4. The number of rotatable bonds is 8. The third-order valence-corrected chi connectivity index (χ3v) is 4.23. The molecule has 0 spiro atoms. The number of carboxylic acids is 1. The van der Waals surface area contributed by atoms with Crippen molar-refractivity contribution in [1.29, 1.82) is 0 Å². The molecule has 106 valence electrons. The number of hydrogen-bond donors (Lipinski definition) is 3. The zero-order valence-electron chi connectivity index (χ0n) is 10.3. The minimum Gasteiger partial charge on any atom is -0.477 e. The van der Waals surface area contributed by atoms with Crippen LogP contribution in [0.3, 0.4) is 0 Å². The second kappa shape index (κ2) is 5.72. The van der Waals surface area contributed by atoms with Gasteiger partial charge in [0.15, 0.2) is 0 Å². The van der Waals surface area contributed by atoms with Crippen LogP contribution in [-0.2, 0) is 14.8 Å². The van der Waals surface area contributed by atoms with Gasteiger partial charge < -0.3 is 14.8 Å². The van der Waals surface area contributed by atoms with E-state index < -0.39 is 16.0 Å². The molecule has 0 atom stereocenters. The van der Waals surface area contributed by atoms with E-state index in [1.807, 2.05) is 0 Å². The highest BCUT2D eigenvalue weighted by atomic mass is 32.2. The van der Waals surface area contributed by atoms with Gasteiger partial charge in [-0.3, -0.25) is 0 Å². The van der Waals surface area contributed by atoms with Gasteiger partial charge in [-0.1, -0.05) is 0 Å². The molecule has 1 aromatic heterocycles. The number of H-pyrrole nitrogens is 1. The Bertz CT molecular complexity index is 547. The average molecular weight is 288 g/mol. The van der Waals surface area contributed by atoms with Crippen molar-refractivity contribution in [2.24, 2.45) is 5.92 Å². The Kier molecular flexibility index (Phi) is 4.23. The topological polar surface area (TPSA) is 108 Å². The van der Waals surface area contributed by atoms with Gasteiger partial charge in [0.2, 0.25) is 10.0 Å². The van der Waals surface area contributed by atoms with Crippen molar-refractivity contribution in [2.45, 2.75) is 17.7 Å². The second-order valence-corrected chi connectivity index (χ2v) is 6.24. The second-order valence-electron chi connectivity index (χ2n) is 4.47. The fraction of sp³-hybridized carbons (Fsp3) is 0.545. The first kappa shape index (κ1) is 14.0. The molecule has 1 aromatic rings. The summed E-state index contributed by atoms with van der Waals surface area (Å²) in [6.45, 7) is 1.16. The van der Waals surface area contributed by atoms with E-state index in [0.29, 0.717) is 19.1 Å². The van der Waals surface area contributed by atoms with Gasteiger partial charge in [-0.15, -0.1) is 0 Å². The third kappa shape index (κ3) is 4.05. The molecule has 0 amide bonds. The molecule has 1 fully saturated rings. The van der Waals surface area contributed by atoms with Crippen molar-refractivity contribution in [1.82, 2.24) is 9.71 Å². The van der Waals surface area contributed by atoms with E-state index in [1.54, 1.807) is 0 Å². The largest absolute Gasteiger partial charge is 0.477 e. The van der Waals surface area contributed by atoms with Gasteiger partial charge in [0.05, 0.1) is 6.61 Å². The van der Waals surface area contributed by atoms with Crippen LogP contribution in [0, 0.1) is 5.92 Å². The molecular formula is C11H16N2O5S. The van der Waals surface area contributed by atoms with E-state index in [2.05, 4.69) is 9.71 Å². The third-order valence-electron chi connectivity index (χ3n) is 2.79. The zero-order valence-corrected chi connectivity index (χ0v) is 11.1. The Balaban J connectivity index is 1.80. The molecule has 0 aliphatic heterocycles. The van der Waals surface area contributed by atoms with E-state index >= 15 is 0 Å². The van der Waals surface area contributed by atoms with Crippen molar-refractivity contribution >= 4 is 16.0 Å². The van der Waals surface area contributed by atoms with Crippen LogP contribution < -0.4 is 4.72 Å². The first-order chi connectivity index (χ1) is 8.99. The molecule has 1 saturated carbocycles. The fourth-order valence-electron chi connectivity index (χ4n) is 1.52. The highest BCUT2D eigenvalue weighted by Crippen LogP contribution is 2.28. The maximum atomic E-state index is 11.8. The predicted molar refractivity (Wildman–Crippen MR) is 66.5 cm³/mol. The molecule has 8 heteroatoms. The Labute approximate surface area is 111 Å². The molecule has 0 bridgehead atoms. The Morgan fingerprint density at radius 1 is 1.53 bits per heavy atom. The van der Waals surface area contributed by atoms with Crippen molar-refractivity contribution < 1.29 is 23.1 Å². The van der Waals surface area contributed by atoms with Crippen LogP contribution >= 0.6 is 0 Å². The summed E-state index contributed by atoms with van der Waals surface area (Å²) < 4.78 is 31.3. The number of hydrogen-bond acceptors (Lipinski definition) is 4. The minimum atomic E-state index is -3.68. The molecule has 7 nitrogen and oxygen atoms in total. The molecule has 2 rings (SSSR count). The molecule has 0 radical (unpaired) electrons. The first-order valence-corrected chi connectivity index (χ1v) is 7.46. The lowest BCUT2D eigenvalue weighted by Gasteiger charge is -2.05. The summed E-state index contributed by atoms with van der Waals surface area (Å²) in [5.41, 5.74) is -0.162. The fourth-order valence-corrected chi connectivity index (χ4v) is 2.52. The molecular weight excluding hydrogens is 272 g/mol. The van der Waals surface area contributed by atoms with Crippen LogP contribution in [0.4, 0.5) is 0 Å². The molecule has 1 aliphatic rings. The first-order valence-electron chi connectivity index (χ1n) is 5.98. The van der Waals surface area contributed by atoms with Gasteiger partial charge in [0.25, 0.3) is 0 Å². The van der Waals surface area contributed by atoms with Crippen LogP contribution in [0.5, 0.6) is 0 Å². The summed E-state index contributed by atoms with van der Waals surface area (Å²) in [6, 6.07) is 1.08. The maximum Gasteiger partial charge on any atom is 0.352 e. The summed E-state index contributed by atoms with van der Waals surface area (Å²) in [7, 11) is -3.68. The molecule has 0 unspecified atom stereocenters. The van der Waals surface area contributed by atoms with E-state index in [0.717, 1.165) is 12.3 Å². The summed E-state index contributed by atoms with van der Waals surface area (Å²) in [6.07, 6.45) is 3.52. The molecule has 0 aromatic carbocycles. The quantitative estimate of drug-likeness (QED) is 0.601. The monoisotopic (exact) mass is 288 g/mol. The van der Waals surface area contributed by atoms with Crippen molar-refractivity contribution in [3.8, 4) is 0 Å². The molecule has 3 N–H and O–H groups in total. The number of nitrogens with one attached hydrogen (secondary N) is 2. The number of aromatic carboxylic acids is 1. The standard InChI is InChI=1S/C11H16N2O5S/c14-11(15)10-5-9(6-12-10)19(16,17)13-3-4-18-7-8-1-2-8/h5-6,8,12-13H,1-4,7H2,(H,14,15). The average Bonchev–Trinajstić information content (AvgIpc) is 3.01. The van der Waals surface area contributed by atoms with Crippen molar-refractivity contribution in [3.63, 3.8) is 0 Å². The lowest BCUT2D eigenvalue weighted by Crippen LogP contribution is -2.27. The number of aromatic amines is 1. The number of sulfonamides is 1. The van der Waals surface area contributed by atoms with Crippen molar-refractivity contribution in [2.75, 3.05) is 19.8 Å². The minimum absolute atomic E-state index is 0.0907. The Morgan fingerprint density at radius 3 is 2.84 bits per heavy atom. The van der Waals surface area contributed by atoms with E-state index in [9.17, 15) is 13.2 Å². The van der Waals surface area contributed by atoms with E-state index in [1.165, 1.54) is 12.8 Å². The van der Waals surface area contributed by atoms with Gasteiger partial charge >= 0.3 is 5.97 Å². The van der Waals surface area contributed by atoms with Gasteiger partial charge in [0.1, 0.15) is 10.6 Å². The number of aromatic nitrogens is 1. The van der Waals surface area contributed by atoms with Crippen LogP contribution in [0.2, 0.25) is 0 Å². The predicted octanol–water partition coefficient (Wildman–Crippen LogP) is 0.418. The van der Waals surface area contributed by atoms with E-state index in [-0.39, 0.29) is 17.1 Å². The molecule has 19 heavy (non-hydrogen) atoms. The van der Waals surface area contributed by atoms with Crippen LogP contribution in [-0.4, -0.2) is 44.2 Å². The van der Waals surface area contributed by atoms with Gasteiger partial charge in [-0.2, -0.15) is 0 Å². The molecule has 0 saturated heterocycles. The SMILES string of the molecule is O=C(O)c1cc(S(=O)(=O)NCCOCC2CC2)c[nH]1. The summed E-state index contributed by atoms with van der Waals surface area (Å²) in [5, 5.41) is 8.70. The summed E-state index contributed by atoms with van der Waals surface area (Å²) in [5.74, 6) is -0.561. The smallest absolute Gasteiger partial charge is 0.352 e. The molecule has 1 aliphatic carbocycles. The maximum absolute atomic E-state index is 11.8. The van der Waals surface area contributed by atoms with Gasteiger partial charge in [-0.05, 0) is 24.8 Å². The zero-order chi connectivity index (χ0) is 13.9. The normalized spacial score (nSPS) is 15.6. The Hall–Kier alpha value is -1.38. The van der Waals surface area contributed by atoms with E-state index in [4.69, 9.17) is 9.84 Å². The van der Waals surface area contributed by atoms with Gasteiger partial charge in [-0.25, -0.2) is 17.9 Å². The highest BCUT2D eigenvalue weighted by molar-refractivity contribution is 7.89. The van der Waals surface area contributed by atoms with Gasteiger partial charge in [0, 0.05) is 19.3 Å². The lowest BCUT2D eigenvalue weighted by molar-refractivity contribution is 0.0691. The van der Waals surface area contributed by atoms with Crippen molar-refractivity contribution in [3.05, 3.63) is 18.0 Å². The molecule has 1 heterocycles. The Morgan fingerprint density at radius 2 is 2.26 bits per heavy atom. The van der Waals surface area contributed by atoms with Crippen LogP contribution in [0.15, 0.2) is 17.2 Å². The summed E-state index contributed by atoms with van der Waals surface area (Å²) in [4.78, 5) is 12.9. The number of carbonyl (C=O) groups is 1. The van der Waals surface area contributed by atoms with Crippen LogP contribution in [0.1, 0.15) is 23.3 Å². The van der Waals surface area contributed by atoms with Crippen LogP contribution in [0.25, 0.3) is 0 Å².